The Morgan fingerprint density at radius 3 is 1.39 bits per heavy atom. The Labute approximate surface area is 148 Å². The molecule has 1 atom stereocenters. The summed E-state index contributed by atoms with van der Waals surface area (Å²) in [6.07, 6.45) is -11.2. The Morgan fingerprint density at radius 1 is 0.643 bits per heavy atom. The Kier molecular flexibility index (Phi) is 7.70. The predicted octanol–water partition coefficient (Wildman–Crippen LogP) is 7.15. The molecule has 0 aromatic carbocycles. The largest absolute Gasteiger partial charge is 0.385 e. The second-order valence-electron chi connectivity index (χ2n) is 5.72. The van der Waals surface area contributed by atoms with E-state index in [1.54, 1.807) is 0 Å². The van der Waals surface area contributed by atoms with E-state index >= 15 is 0 Å². The molecule has 28 heavy (non-hydrogen) atoms. The van der Waals surface area contributed by atoms with Gasteiger partial charge in [0.25, 0.3) is 0 Å². The van der Waals surface area contributed by atoms with E-state index in [-0.39, 0.29) is 12.8 Å². The highest BCUT2D eigenvalue weighted by atomic mass is 19.4. The lowest BCUT2D eigenvalue weighted by Gasteiger charge is -2.41. The molecule has 0 amide bonds. The normalized spacial score (nSPS) is 16.6. The van der Waals surface area contributed by atoms with Crippen molar-refractivity contribution in [2.75, 3.05) is 0 Å². The van der Waals surface area contributed by atoms with Gasteiger partial charge in [0, 0.05) is 0 Å². The average molecular weight is 453 g/mol. The SMILES string of the molecule is CCCCCC(F)C(F)(F)C(F)(F)C(F)(F)C(F)(F)C(F)(F)C(F)(F)[C](F)F. The minimum absolute atomic E-state index is 0.0927. The number of unbranched alkanes of at least 4 members (excludes halogenated alkanes) is 2. The molecular weight excluding hydrogens is 441 g/mol. The highest BCUT2D eigenvalue weighted by molar-refractivity contribution is 5.15. The van der Waals surface area contributed by atoms with Crippen molar-refractivity contribution < 1.29 is 65.9 Å². The summed E-state index contributed by atoms with van der Waals surface area (Å²) in [5.74, 6) is -45.9. The first-order chi connectivity index (χ1) is 12.2. The third kappa shape index (κ3) is 3.85. The van der Waals surface area contributed by atoms with Gasteiger partial charge in [-0.1, -0.05) is 26.2 Å². The van der Waals surface area contributed by atoms with E-state index in [1.165, 1.54) is 6.92 Å². The molecule has 0 aromatic rings. The number of rotatable bonds is 11. The van der Waals surface area contributed by atoms with Gasteiger partial charge in [0.15, 0.2) is 6.17 Å². The minimum atomic E-state index is -8.14. The molecule has 0 aromatic heterocycles. The van der Waals surface area contributed by atoms with E-state index in [2.05, 4.69) is 0 Å². The molecule has 0 N–H and O–H groups in total. The van der Waals surface area contributed by atoms with E-state index in [4.69, 9.17) is 0 Å². The van der Waals surface area contributed by atoms with Crippen LogP contribution in [0.4, 0.5) is 65.9 Å². The molecule has 0 aliphatic rings. The zero-order valence-electron chi connectivity index (χ0n) is 13.6. The van der Waals surface area contributed by atoms with Crippen LogP contribution in [0.15, 0.2) is 0 Å². The Hall–Kier alpha value is -1.05. The molecule has 0 spiro atoms. The summed E-state index contributed by atoms with van der Waals surface area (Å²) in [6, 6.07) is 0. The fourth-order valence-electron chi connectivity index (χ4n) is 1.87. The average Bonchev–Trinajstić information content (AvgIpc) is 2.53. The maximum Gasteiger partial charge on any atom is 0.385 e. The highest BCUT2D eigenvalue weighted by Crippen LogP contribution is 2.62. The lowest BCUT2D eigenvalue weighted by Crippen LogP contribution is -2.72. The van der Waals surface area contributed by atoms with Gasteiger partial charge in [0.2, 0.25) is 0 Å². The third-order valence-corrected chi connectivity index (χ3v) is 3.69. The Balaban J connectivity index is 6.17. The summed E-state index contributed by atoms with van der Waals surface area (Å²) in [6.45, 7) is 1.41. The second-order valence-corrected chi connectivity index (χ2v) is 5.72. The summed E-state index contributed by atoms with van der Waals surface area (Å²) < 4.78 is 194. The van der Waals surface area contributed by atoms with Crippen molar-refractivity contribution in [1.29, 1.82) is 0 Å². The van der Waals surface area contributed by atoms with Crippen molar-refractivity contribution in [2.45, 2.75) is 74.3 Å². The molecule has 0 nitrogen and oxygen atoms in total. The first-order valence-electron chi connectivity index (χ1n) is 7.27. The molecule has 1 unspecified atom stereocenters. The number of hydrogen-bond donors (Lipinski definition) is 0. The molecule has 0 bridgehead atoms. The van der Waals surface area contributed by atoms with Crippen LogP contribution in [-0.4, -0.2) is 41.7 Å². The molecule has 1 radical (unpaired) electrons. The van der Waals surface area contributed by atoms with Crippen molar-refractivity contribution >= 4 is 0 Å². The first-order valence-corrected chi connectivity index (χ1v) is 7.27. The Morgan fingerprint density at radius 2 is 1.04 bits per heavy atom. The molecule has 0 aliphatic heterocycles. The van der Waals surface area contributed by atoms with Gasteiger partial charge in [-0.05, 0) is 6.42 Å². The van der Waals surface area contributed by atoms with Gasteiger partial charge in [-0.2, -0.15) is 61.5 Å². The lowest BCUT2D eigenvalue weighted by atomic mass is 9.89. The summed E-state index contributed by atoms with van der Waals surface area (Å²) in [7, 11) is 0. The van der Waals surface area contributed by atoms with Crippen molar-refractivity contribution in [3.8, 4) is 0 Å². The zero-order chi connectivity index (χ0) is 23.0. The van der Waals surface area contributed by atoms with Crippen molar-refractivity contribution in [2.24, 2.45) is 0 Å². The Bertz CT molecular complexity index is 510. The highest BCUT2D eigenvalue weighted by Gasteiger charge is 2.92. The molecule has 169 valence electrons. The van der Waals surface area contributed by atoms with Gasteiger partial charge in [-0.15, -0.1) is 0 Å². The lowest BCUT2D eigenvalue weighted by molar-refractivity contribution is -0.430. The predicted molar refractivity (Wildman–Crippen MR) is 64.2 cm³/mol. The number of halogens is 15. The fourth-order valence-corrected chi connectivity index (χ4v) is 1.87. The van der Waals surface area contributed by atoms with Gasteiger partial charge in [0.1, 0.15) is 0 Å². The molecule has 0 aliphatic carbocycles. The van der Waals surface area contributed by atoms with Crippen LogP contribution in [0, 0.1) is 6.43 Å². The summed E-state index contributed by atoms with van der Waals surface area (Å²) in [4.78, 5) is 0. The number of hydrogen-bond acceptors (Lipinski definition) is 0. The standard InChI is InChI=1S/C13H12F15/c1-2-3-4-5-6(14)8(17,18)10(21,22)12(25,26)13(27,28)11(23,24)9(19,20)7(15)16/h6H,2-5H2,1H3. The van der Waals surface area contributed by atoms with E-state index in [0.29, 0.717) is 0 Å². The van der Waals surface area contributed by atoms with Crippen LogP contribution in [0.2, 0.25) is 0 Å². The van der Waals surface area contributed by atoms with Crippen LogP contribution in [0.25, 0.3) is 0 Å². The van der Waals surface area contributed by atoms with Gasteiger partial charge in [0.05, 0.1) is 0 Å². The second kappa shape index (κ2) is 8.00. The van der Waals surface area contributed by atoms with Crippen LogP contribution in [0.3, 0.4) is 0 Å². The quantitative estimate of drug-likeness (QED) is 0.230. The minimum Gasteiger partial charge on any atom is -0.241 e. The molecule has 0 fully saturated rings. The smallest absolute Gasteiger partial charge is 0.241 e. The fraction of sp³-hybridized carbons (Fsp3) is 0.923. The first kappa shape index (κ1) is 27.0. The van der Waals surface area contributed by atoms with Crippen LogP contribution in [0.5, 0.6) is 0 Å². The van der Waals surface area contributed by atoms with Crippen LogP contribution >= 0.6 is 0 Å². The van der Waals surface area contributed by atoms with Crippen molar-refractivity contribution in [3.05, 3.63) is 6.43 Å². The molecule has 0 saturated carbocycles. The van der Waals surface area contributed by atoms with Crippen LogP contribution in [-0.2, 0) is 0 Å². The topological polar surface area (TPSA) is 0 Å². The molecule has 0 rings (SSSR count). The summed E-state index contributed by atoms with van der Waals surface area (Å²) >= 11 is 0. The molecule has 0 heterocycles. The van der Waals surface area contributed by atoms with Crippen LogP contribution in [0.1, 0.15) is 32.6 Å². The molecule has 0 saturated heterocycles. The van der Waals surface area contributed by atoms with Crippen molar-refractivity contribution in [1.82, 2.24) is 0 Å². The van der Waals surface area contributed by atoms with Gasteiger partial charge < -0.3 is 0 Å². The van der Waals surface area contributed by atoms with Gasteiger partial charge >= 0.3 is 42.0 Å². The zero-order valence-corrected chi connectivity index (χ0v) is 13.6. The summed E-state index contributed by atoms with van der Waals surface area (Å²) in [5, 5.41) is 0. The van der Waals surface area contributed by atoms with E-state index < -0.39 is 61.0 Å². The third-order valence-electron chi connectivity index (χ3n) is 3.69. The maximum atomic E-state index is 13.4. The molecular formula is C13H12F15. The van der Waals surface area contributed by atoms with E-state index in [9.17, 15) is 65.9 Å². The molecule has 15 heteroatoms. The van der Waals surface area contributed by atoms with E-state index in [1.807, 2.05) is 0 Å². The van der Waals surface area contributed by atoms with E-state index in [0.717, 1.165) is 0 Å². The van der Waals surface area contributed by atoms with Crippen LogP contribution < -0.4 is 0 Å². The van der Waals surface area contributed by atoms with Gasteiger partial charge in [-0.3, -0.25) is 0 Å². The summed E-state index contributed by atoms with van der Waals surface area (Å²) in [5.41, 5.74) is 0. The van der Waals surface area contributed by atoms with Crippen molar-refractivity contribution in [3.63, 3.8) is 0 Å². The monoisotopic (exact) mass is 453 g/mol. The maximum absolute atomic E-state index is 13.4. The van der Waals surface area contributed by atoms with Gasteiger partial charge in [-0.25, -0.2) is 4.39 Å². The number of alkyl halides is 13.